The quantitative estimate of drug-likeness (QED) is 0.746. The fraction of sp³-hybridized carbons (Fsp3) is 0.611. The molecule has 1 aromatic carbocycles. The second-order valence-corrected chi connectivity index (χ2v) is 6.46. The highest BCUT2D eigenvalue weighted by atomic mass is 16.5. The van der Waals surface area contributed by atoms with Gasteiger partial charge in [0.05, 0.1) is 6.10 Å². The summed E-state index contributed by atoms with van der Waals surface area (Å²) in [5, 5.41) is 0. The molecular formula is C18H26O2. The van der Waals surface area contributed by atoms with Crippen molar-refractivity contribution in [1.82, 2.24) is 0 Å². The van der Waals surface area contributed by atoms with Gasteiger partial charge in [-0.3, -0.25) is 4.79 Å². The molecule has 0 N–H and O–H groups in total. The highest BCUT2D eigenvalue weighted by Gasteiger charge is 2.31. The van der Waals surface area contributed by atoms with Crippen LogP contribution in [0.5, 0.6) is 0 Å². The summed E-state index contributed by atoms with van der Waals surface area (Å²) in [6, 6.07) is 9.43. The number of Topliss-reactive ketones (excluding diaryl/α,β-unsaturated/α-hetero) is 1. The van der Waals surface area contributed by atoms with Gasteiger partial charge in [0.25, 0.3) is 0 Å². The zero-order chi connectivity index (χ0) is 14.5. The third kappa shape index (κ3) is 3.92. The lowest BCUT2D eigenvalue weighted by Crippen LogP contribution is -2.35. The lowest BCUT2D eigenvalue weighted by molar-refractivity contribution is -0.0309. The molecule has 110 valence electrons. The Morgan fingerprint density at radius 1 is 1.25 bits per heavy atom. The molecule has 0 radical (unpaired) electrons. The summed E-state index contributed by atoms with van der Waals surface area (Å²) in [6.07, 6.45) is 3.84. The first kappa shape index (κ1) is 15.2. The van der Waals surface area contributed by atoms with E-state index < -0.39 is 0 Å². The van der Waals surface area contributed by atoms with E-state index in [0.29, 0.717) is 17.8 Å². The molecule has 0 aromatic heterocycles. The molecule has 0 amide bonds. The van der Waals surface area contributed by atoms with Gasteiger partial charge >= 0.3 is 0 Å². The third-order valence-electron chi connectivity index (χ3n) is 4.49. The predicted octanol–water partition coefficient (Wildman–Crippen LogP) is 4.35. The maximum absolute atomic E-state index is 12.1. The van der Waals surface area contributed by atoms with Gasteiger partial charge in [-0.2, -0.15) is 0 Å². The third-order valence-corrected chi connectivity index (χ3v) is 4.49. The SMILES string of the molecule is CC1CCC(C(C)C)C(OCC(=O)c2ccccc2)C1. The Balaban J connectivity index is 1.92. The summed E-state index contributed by atoms with van der Waals surface area (Å²) >= 11 is 0. The fourth-order valence-electron chi connectivity index (χ4n) is 3.20. The van der Waals surface area contributed by atoms with Gasteiger partial charge in [-0.15, -0.1) is 0 Å². The van der Waals surface area contributed by atoms with E-state index in [4.69, 9.17) is 4.74 Å². The average Bonchev–Trinajstić information content (AvgIpc) is 2.45. The van der Waals surface area contributed by atoms with Crippen LogP contribution in [0.1, 0.15) is 50.4 Å². The summed E-state index contributed by atoms with van der Waals surface area (Å²) in [4.78, 5) is 12.1. The van der Waals surface area contributed by atoms with Gasteiger partial charge in [0.15, 0.2) is 5.78 Å². The molecule has 3 atom stereocenters. The Labute approximate surface area is 122 Å². The van der Waals surface area contributed by atoms with Crippen LogP contribution < -0.4 is 0 Å². The molecule has 0 spiro atoms. The second-order valence-electron chi connectivity index (χ2n) is 6.46. The lowest BCUT2D eigenvalue weighted by Gasteiger charge is -2.37. The first-order valence-corrected chi connectivity index (χ1v) is 7.77. The Hall–Kier alpha value is -1.15. The van der Waals surface area contributed by atoms with E-state index in [9.17, 15) is 4.79 Å². The van der Waals surface area contributed by atoms with Gasteiger partial charge < -0.3 is 4.74 Å². The molecule has 1 aliphatic rings. The van der Waals surface area contributed by atoms with Crippen LogP contribution in [0.25, 0.3) is 0 Å². The fourth-order valence-corrected chi connectivity index (χ4v) is 3.20. The van der Waals surface area contributed by atoms with Crippen LogP contribution in [0.3, 0.4) is 0 Å². The number of ether oxygens (including phenoxy) is 1. The normalized spacial score (nSPS) is 26.7. The zero-order valence-electron chi connectivity index (χ0n) is 12.8. The minimum Gasteiger partial charge on any atom is -0.370 e. The second kappa shape index (κ2) is 7.03. The summed E-state index contributed by atoms with van der Waals surface area (Å²) in [5.41, 5.74) is 0.748. The molecule has 3 unspecified atom stereocenters. The maximum Gasteiger partial charge on any atom is 0.188 e. The molecule has 0 bridgehead atoms. The van der Waals surface area contributed by atoms with Gasteiger partial charge in [-0.25, -0.2) is 0 Å². The molecule has 2 rings (SSSR count). The van der Waals surface area contributed by atoms with E-state index in [-0.39, 0.29) is 18.5 Å². The van der Waals surface area contributed by atoms with Gasteiger partial charge in [-0.05, 0) is 30.6 Å². The molecule has 20 heavy (non-hydrogen) atoms. The summed E-state index contributed by atoms with van der Waals surface area (Å²) in [7, 11) is 0. The van der Waals surface area contributed by atoms with E-state index >= 15 is 0 Å². The molecule has 1 saturated carbocycles. The van der Waals surface area contributed by atoms with Gasteiger partial charge in [0, 0.05) is 5.56 Å². The van der Waals surface area contributed by atoms with Crippen molar-refractivity contribution in [1.29, 1.82) is 0 Å². The van der Waals surface area contributed by atoms with Crippen molar-refractivity contribution in [2.45, 2.75) is 46.1 Å². The van der Waals surface area contributed by atoms with Crippen LogP contribution in [0.4, 0.5) is 0 Å². The molecule has 0 aliphatic heterocycles. The zero-order valence-corrected chi connectivity index (χ0v) is 12.8. The molecule has 1 fully saturated rings. The van der Waals surface area contributed by atoms with Crippen molar-refractivity contribution in [3.8, 4) is 0 Å². The van der Waals surface area contributed by atoms with Crippen molar-refractivity contribution in [3.63, 3.8) is 0 Å². The largest absolute Gasteiger partial charge is 0.370 e. The van der Waals surface area contributed by atoms with E-state index in [1.54, 1.807) is 0 Å². The van der Waals surface area contributed by atoms with Crippen LogP contribution >= 0.6 is 0 Å². The van der Waals surface area contributed by atoms with Crippen molar-refractivity contribution >= 4 is 5.78 Å². The standard InChI is InChI=1S/C18H26O2/c1-13(2)16-10-9-14(3)11-18(16)20-12-17(19)15-7-5-4-6-8-15/h4-8,13-14,16,18H,9-12H2,1-3H3. The number of ketones is 1. The topological polar surface area (TPSA) is 26.3 Å². The molecule has 1 aliphatic carbocycles. The molecule has 1 aromatic rings. The van der Waals surface area contributed by atoms with Crippen LogP contribution in [0, 0.1) is 17.8 Å². The van der Waals surface area contributed by atoms with E-state index in [2.05, 4.69) is 20.8 Å². The number of rotatable bonds is 5. The Bertz CT molecular complexity index is 424. The van der Waals surface area contributed by atoms with Crippen LogP contribution in [-0.4, -0.2) is 18.5 Å². The van der Waals surface area contributed by atoms with Gasteiger partial charge in [-0.1, -0.05) is 57.5 Å². The van der Waals surface area contributed by atoms with Crippen LogP contribution in [0.2, 0.25) is 0 Å². The maximum atomic E-state index is 12.1. The number of carbonyl (C=O) groups excluding carboxylic acids is 1. The highest BCUT2D eigenvalue weighted by Crippen LogP contribution is 2.35. The lowest BCUT2D eigenvalue weighted by atomic mass is 9.75. The van der Waals surface area contributed by atoms with Crippen molar-refractivity contribution in [2.24, 2.45) is 17.8 Å². The summed E-state index contributed by atoms with van der Waals surface area (Å²) in [6.45, 7) is 7.02. The Morgan fingerprint density at radius 3 is 2.60 bits per heavy atom. The number of hydrogen-bond donors (Lipinski definition) is 0. The van der Waals surface area contributed by atoms with Crippen molar-refractivity contribution in [3.05, 3.63) is 35.9 Å². The minimum atomic E-state index is 0.0892. The van der Waals surface area contributed by atoms with Crippen LogP contribution in [-0.2, 0) is 4.74 Å². The summed E-state index contributed by atoms with van der Waals surface area (Å²) in [5.74, 6) is 2.02. The van der Waals surface area contributed by atoms with E-state index in [1.807, 2.05) is 30.3 Å². The van der Waals surface area contributed by atoms with E-state index in [1.165, 1.54) is 12.8 Å². The number of benzene rings is 1. The Morgan fingerprint density at radius 2 is 1.95 bits per heavy atom. The van der Waals surface area contributed by atoms with Crippen LogP contribution in [0.15, 0.2) is 30.3 Å². The highest BCUT2D eigenvalue weighted by molar-refractivity contribution is 5.97. The van der Waals surface area contributed by atoms with Gasteiger partial charge in [0.1, 0.15) is 6.61 Å². The van der Waals surface area contributed by atoms with Gasteiger partial charge in [0.2, 0.25) is 0 Å². The first-order valence-electron chi connectivity index (χ1n) is 7.77. The number of hydrogen-bond acceptors (Lipinski definition) is 2. The molecule has 2 nitrogen and oxygen atoms in total. The Kier molecular flexibility index (Phi) is 5.36. The van der Waals surface area contributed by atoms with Crippen molar-refractivity contribution < 1.29 is 9.53 Å². The van der Waals surface area contributed by atoms with Crippen molar-refractivity contribution in [2.75, 3.05) is 6.61 Å². The minimum absolute atomic E-state index is 0.0892. The molecule has 0 saturated heterocycles. The number of carbonyl (C=O) groups is 1. The summed E-state index contributed by atoms with van der Waals surface area (Å²) < 4.78 is 5.99. The monoisotopic (exact) mass is 274 g/mol. The smallest absolute Gasteiger partial charge is 0.188 e. The van der Waals surface area contributed by atoms with E-state index in [0.717, 1.165) is 12.0 Å². The molecule has 2 heteroatoms. The molecular weight excluding hydrogens is 248 g/mol. The first-order chi connectivity index (χ1) is 9.58. The average molecular weight is 274 g/mol. The molecule has 0 heterocycles. The predicted molar refractivity (Wildman–Crippen MR) is 81.9 cm³/mol.